The van der Waals surface area contributed by atoms with Gasteiger partial charge in [-0.25, -0.2) is 4.39 Å². The molecular weight excluding hydrogens is 367 g/mol. The highest BCUT2D eigenvalue weighted by molar-refractivity contribution is 6.22. The number of aromatic nitrogens is 4. The molecule has 1 aliphatic heterocycles. The normalized spacial score (nSPS) is 13.0. The Morgan fingerprint density at radius 1 is 1.04 bits per heavy atom. The van der Waals surface area contributed by atoms with Gasteiger partial charge in [-0.2, -0.15) is 4.68 Å². The first-order valence-corrected chi connectivity index (χ1v) is 8.29. The van der Waals surface area contributed by atoms with Gasteiger partial charge < -0.3 is 5.32 Å². The van der Waals surface area contributed by atoms with Gasteiger partial charge in [0.25, 0.3) is 11.8 Å². The number of nitrogens with zero attached hydrogens (tertiary/aromatic N) is 5. The van der Waals surface area contributed by atoms with Crippen molar-refractivity contribution in [2.24, 2.45) is 0 Å². The van der Waals surface area contributed by atoms with Crippen molar-refractivity contribution in [1.82, 2.24) is 30.4 Å². The molecule has 4 rings (SSSR count). The lowest BCUT2D eigenvalue weighted by Gasteiger charge is -2.13. The standard InChI is InChI=1S/C18H13FN6O3/c19-11-4-3-5-12(8-11)25-15(21-22-23-25)9-20-16(26)10-24-17(27)13-6-1-2-7-14(13)18(24)28/h1-8H,9-10H2,(H,20,26). The third kappa shape index (κ3) is 3.11. The van der Waals surface area contributed by atoms with Gasteiger partial charge in [0.1, 0.15) is 12.4 Å². The highest BCUT2D eigenvalue weighted by Gasteiger charge is 2.36. The maximum absolute atomic E-state index is 13.4. The zero-order chi connectivity index (χ0) is 19.7. The SMILES string of the molecule is O=C(CN1C(=O)c2ccccc2C1=O)NCc1nnnn1-c1cccc(F)c1. The lowest BCUT2D eigenvalue weighted by molar-refractivity contribution is -0.121. The van der Waals surface area contributed by atoms with Crippen molar-refractivity contribution in [3.8, 4) is 5.69 Å². The van der Waals surface area contributed by atoms with Crippen LogP contribution in [0.3, 0.4) is 0 Å². The smallest absolute Gasteiger partial charge is 0.262 e. The van der Waals surface area contributed by atoms with E-state index in [1.165, 1.54) is 22.9 Å². The molecule has 1 N–H and O–H groups in total. The highest BCUT2D eigenvalue weighted by Crippen LogP contribution is 2.21. The summed E-state index contributed by atoms with van der Waals surface area (Å²) >= 11 is 0. The Kier molecular flexibility index (Phi) is 4.36. The molecule has 1 aliphatic rings. The molecule has 0 fully saturated rings. The number of hydrogen-bond acceptors (Lipinski definition) is 6. The molecule has 9 nitrogen and oxygen atoms in total. The van der Waals surface area contributed by atoms with Crippen LogP contribution in [0.25, 0.3) is 5.69 Å². The van der Waals surface area contributed by atoms with Gasteiger partial charge >= 0.3 is 0 Å². The molecule has 140 valence electrons. The maximum atomic E-state index is 13.4. The van der Waals surface area contributed by atoms with Crippen LogP contribution in [0.1, 0.15) is 26.5 Å². The van der Waals surface area contributed by atoms with Crippen LogP contribution in [0.4, 0.5) is 4.39 Å². The molecule has 0 unspecified atom stereocenters. The molecule has 0 spiro atoms. The Balaban J connectivity index is 1.42. The number of carbonyl (C=O) groups excluding carboxylic acids is 3. The molecule has 0 bridgehead atoms. The lowest BCUT2D eigenvalue weighted by atomic mass is 10.1. The Morgan fingerprint density at radius 3 is 2.43 bits per heavy atom. The molecule has 3 aromatic rings. The predicted molar refractivity (Wildman–Crippen MR) is 92.8 cm³/mol. The van der Waals surface area contributed by atoms with E-state index in [4.69, 9.17) is 0 Å². The van der Waals surface area contributed by atoms with Gasteiger partial charge in [0.05, 0.1) is 23.4 Å². The Morgan fingerprint density at radius 2 is 1.75 bits per heavy atom. The summed E-state index contributed by atoms with van der Waals surface area (Å²) in [6, 6.07) is 12.1. The van der Waals surface area contributed by atoms with Crippen LogP contribution in [-0.2, 0) is 11.3 Å². The number of amides is 3. The highest BCUT2D eigenvalue weighted by atomic mass is 19.1. The van der Waals surface area contributed by atoms with E-state index in [2.05, 4.69) is 20.8 Å². The number of fused-ring (bicyclic) bond motifs is 1. The summed E-state index contributed by atoms with van der Waals surface area (Å²) in [5, 5.41) is 13.7. The lowest BCUT2D eigenvalue weighted by Crippen LogP contribution is -2.40. The van der Waals surface area contributed by atoms with Crippen LogP contribution in [0, 0.1) is 5.82 Å². The van der Waals surface area contributed by atoms with E-state index in [0.717, 1.165) is 4.90 Å². The summed E-state index contributed by atoms with van der Waals surface area (Å²) in [5.74, 6) is -1.76. The molecule has 28 heavy (non-hydrogen) atoms. The average molecular weight is 380 g/mol. The molecule has 0 radical (unpaired) electrons. The fraction of sp³-hybridized carbons (Fsp3) is 0.111. The van der Waals surface area contributed by atoms with Crippen LogP contribution in [-0.4, -0.2) is 49.4 Å². The van der Waals surface area contributed by atoms with Crippen molar-refractivity contribution in [3.05, 3.63) is 71.3 Å². The number of imide groups is 1. The molecule has 3 amide bonds. The number of hydrogen-bond donors (Lipinski definition) is 1. The fourth-order valence-electron chi connectivity index (χ4n) is 2.88. The van der Waals surface area contributed by atoms with E-state index in [1.807, 2.05) is 0 Å². The van der Waals surface area contributed by atoms with Gasteiger partial charge in [-0.1, -0.05) is 18.2 Å². The van der Waals surface area contributed by atoms with Crippen molar-refractivity contribution in [2.75, 3.05) is 6.54 Å². The van der Waals surface area contributed by atoms with E-state index >= 15 is 0 Å². The third-order valence-corrected chi connectivity index (χ3v) is 4.21. The average Bonchev–Trinajstić information content (AvgIpc) is 3.26. The second-order valence-electron chi connectivity index (χ2n) is 6.01. The molecule has 10 heteroatoms. The van der Waals surface area contributed by atoms with Gasteiger partial charge in [0.15, 0.2) is 5.82 Å². The topological polar surface area (TPSA) is 110 Å². The molecule has 2 heterocycles. The molecule has 2 aromatic carbocycles. The minimum Gasteiger partial charge on any atom is -0.347 e. The van der Waals surface area contributed by atoms with Gasteiger partial charge in [0, 0.05) is 0 Å². The Labute approximate surface area is 157 Å². The van der Waals surface area contributed by atoms with E-state index in [1.54, 1.807) is 30.3 Å². The first-order valence-electron chi connectivity index (χ1n) is 8.29. The second-order valence-corrected chi connectivity index (χ2v) is 6.01. The van der Waals surface area contributed by atoms with Crippen molar-refractivity contribution >= 4 is 17.7 Å². The number of carbonyl (C=O) groups is 3. The molecule has 0 aliphatic carbocycles. The van der Waals surface area contributed by atoms with E-state index < -0.39 is 30.1 Å². The van der Waals surface area contributed by atoms with Gasteiger partial charge in [-0.15, -0.1) is 5.10 Å². The van der Waals surface area contributed by atoms with Crippen LogP contribution < -0.4 is 5.32 Å². The fourth-order valence-corrected chi connectivity index (χ4v) is 2.88. The maximum Gasteiger partial charge on any atom is 0.262 e. The summed E-state index contributed by atoms with van der Waals surface area (Å²) in [7, 11) is 0. The minimum absolute atomic E-state index is 0.0640. The zero-order valence-electron chi connectivity index (χ0n) is 14.4. The summed E-state index contributed by atoms with van der Waals surface area (Å²) in [4.78, 5) is 37.7. The van der Waals surface area contributed by atoms with Gasteiger partial charge in [-0.3, -0.25) is 19.3 Å². The first kappa shape index (κ1) is 17.5. The van der Waals surface area contributed by atoms with Crippen molar-refractivity contribution in [2.45, 2.75) is 6.54 Å². The molecule has 0 atom stereocenters. The number of halogens is 1. The van der Waals surface area contributed by atoms with Crippen LogP contribution in [0.5, 0.6) is 0 Å². The molecule has 0 saturated heterocycles. The zero-order valence-corrected chi connectivity index (χ0v) is 14.4. The number of benzene rings is 2. The Bertz CT molecular complexity index is 1060. The summed E-state index contributed by atoms with van der Waals surface area (Å²) in [5.41, 5.74) is 0.945. The predicted octanol–water partition coefficient (Wildman–Crippen LogP) is 0.714. The van der Waals surface area contributed by atoms with Gasteiger partial charge in [-0.05, 0) is 40.8 Å². The van der Waals surface area contributed by atoms with E-state index in [9.17, 15) is 18.8 Å². The summed E-state index contributed by atoms with van der Waals surface area (Å²) in [6.45, 7) is -0.487. The third-order valence-electron chi connectivity index (χ3n) is 4.21. The number of nitrogens with one attached hydrogen (secondary N) is 1. The van der Waals surface area contributed by atoms with Crippen LogP contribution >= 0.6 is 0 Å². The van der Waals surface area contributed by atoms with Crippen molar-refractivity contribution in [3.63, 3.8) is 0 Å². The monoisotopic (exact) mass is 380 g/mol. The van der Waals surface area contributed by atoms with Gasteiger partial charge in [0.2, 0.25) is 5.91 Å². The summed E-state index contributed by atoms with van der Waals surface area (Å²) < 4.78 is 14.7. The molecular formula is C18H13FN6O3. The largest absolute Gasteiger partial charge is 0.347 e. The van der Waals surface area contributed by atoms with Crippen molar-refractivity contribution in [1.29, 1.82) is 0 Å². The van der Waals surface area contributed by atoms with E-state index in [0.29, 0.717) is 5.69 Å². The van der Waals surface area contributed by atoms with E-state index in [-0.39, 0.29) is 23.5 Å². The molecule has 1 aromatic heterocycles. The minimum atomic E-state index is -0.553. The number of tetrazole rings is 1. The quantitative estimate of drug-likeness (QED) is 0.653. The Hall–Kier alpha value is -3.95. The first-order chi connectivity index (χ1) is 13.5. The molecule has 0 saturated carbocycles. The van der Waals surface area contributed by atoms with Crippen LogP contribution in [0.2, 0.25) is 0 Å². The second kappa shape index (κ2) is 6.99. The van der Waals surface area contributed by atoms with Crippen molar-refractivity contribution < 1.29 is 18.8 Å². The summed E-state index contributed by atoms with van der Waals surface area (Å²) in [6.07, 6.45) is 0. The number of rotatable bonds is 5. The van der Waals surface area contributed by atoms with Crippen LogP contribution in [0.15, 0.2) is 48.5 Å².